The number of carbonyl (C=O) groups excluding carboxylic acids is 1. The van der Waals surface area contributed by atoms with Crippen LogP contribution in [-0.2, 0) is 18.3 Å². The molecule has 0 radical (unpaired) electrons. The molecule has 1 N–H and O–H groups in total. The van der Waals surface area contributed by atoms with Crippen molar-refractivity contribution < 1.29 is 4.79 Å². The van der Waals surface area contributed by atoms with Crippen LogP contribution < -0.4 is 5.32 Å². The van der Waals surface area contributed by atoms with E-state index in [-0.39, 0.29) is 5.91 Å². The highest BCUT2D eigenvalue weighted by atomic mass is 16.2. The lowest BCUT2D eigenvalue weighted by molar-refractivity contribution is -0.132. The number of nitrogens with one attached hydrogen (secondary N) is 1. The SMILES string of the molecule is CN(C(=O)CCc1ccnn1C)C1CCNCC1. The fraction of sp³-hybridized carbons (Fsp3) is 0.692. The highest BCUT2D eigenvalue weighted by molar-refractivity contribution is 5.76. The minimum atomic E-state index is 0.239. The predicted octanol–water partition coefficient (Wildman–Crippen LogP) is 0.563. The van der Waals surface area contributed by atoms with E-state index >= 15 is 0 Å². The smallest absolute Gasteiger partial charge is 0.222 e. The number of hydrogen-bond acceptors (Lipinski definition) is 3. The van der Waals surface area contributed by atoms with Gasteiger partial charge in [0.15, 0.2) is 0 Å². The summed E-state index contributed by atoms with van der Waals surface area (Å²) < 4.78 is 1.83. The first kappa shape index (κ1) is 13.1. The minimum Gasteiger partial charge on any atom is -0.343 e. The number of aromatic nitrogens is 2. The first-order chi connectivity index (χ1) is 8.68. The lowest BCUT2D eigenvalue weighted by Gasteiger charge is -2.31. The second-order valence-corrected chi connectivity index (χ2v) is 4.93. The van der Waals surface area contributed by atoms with E-state index in [2.05, 4.69) is 10.4 Å². The first-order valence-corrected chi connectivity index (χ1v) is 6.61. The molecule has 18 heavy (non-hydrogen) atoms. The molecule has 5 nitrogen and oxygen atoms in total. The highest BCUT2D eigenvalue weighted by Crippen LogP contribution is 2.12. The molecular weight excluding hydrogens is 228 g/mol. The maximum absolute atomic E-state index is 12.1. The highest BCUT2D eigenvalue weighted by Gasteiger charge is 2.21. The molecule has 1 fully saturated rings. The van der Waals surface area contributed by atoms with Crippen molar-refractivity contribution in [1.29, 1.82) is 0 Å². The Bertz CT molecular complexity index is 395. The molecule has 1 amide bonds. The Morgan fingerprint density at radius 3 is 2.89 bits per heavy atom. The van der Waals surface area contributed by atoms with E-state index in [9.17, 15) is 4.79 Å². The minimum absolute atomic E-state index is 0.239. The van der Waals surface area contributed by atoms with E-state index in [0.717, 1.165) is 38.0 Å². The monoisotopic (exact) mass is 250 g/mol. The first-order valence-electron chi connectivity index (χ1n) is 6.61. The van der Waals surface area contributed by atoms with Crippen LogP contribution in [-0.4, -0.2) is 46.8 Å². The van der Waals surface area contributed by atoms with Gasteiger partial charge in [-0.1, -0.05) is 0 Å². The normalized spacial score (nSPS) is 16.8. The Labute approximate surface area is 108 Å². The van der Waals surface area contributed by atoms with Crippen LogP contribution in [0.25, 0.3) is 0 Å². The second-order valence-electron chi connectivity index (χ2n) is 4.93. The lowest BCUT2D eigenvalue weighted by Crippen LogP contribution is -2.44. The van der Waals surface area contributed by atoms with E-state index in [1.807, 2.05) is 29.7 Å². The zero-order chi connectivity index (χ0) is 13.0. The lowest BCUT2D eigenvalue weighted by atomic mass is 10.0. The number of piperidine rings is 1. The number of rotatable bonds is 4. The summed E-state index contributed by atoms with van der Waals surface area (Å²) in [7, 11) is 3.85. The zero-order valence-electron chi connectivity index (χ0n) is 11.2. The Hall–Kier alpha value is -1.36. The molecular formula is C13H22N4O. The molecule has 0 aliphatic carbocycles. The van der Waals surface area contributed by atoms with Gasteiger partial charge in [-0.3, -0.25) is 9.48 Å². The van der Waals surface area contributed by atoms with Gasteiger partial charge in [0.1, 0.15) is 0 Å². The fourth-order valence-corrected chi connectivity index (χ4v) is 2.46. The Kier molecular flexibility index (Phi) is 4.36. The molecule has 0 aromatic carbocycles. The zero-order valence-corrected chi connectivity index (χ0v) is 11.2. The van der Waals surface area contributed by atoms with Crippen molar-refractivity contribution >= 4 is 5.91 Å². The van der Waals surface area contributed by atoms with E-state index in [0.29, 0.717) is 12.5 Å². The van der Waals surface area contributed by atoms with Crippen molar-refractivity contribution in [2.45, 2.75) is 31.7 Å². The summed E-state index contributed by atoms with van der Waals surface area (Å²) >= 11 is 0. The molecule has 1 aliphatic heterocycles. The molecule has 1 aromatic rings. The molecule has 2 rings (SSSR count). The van der Waals surface area contributed by atoms with Crippen LogP contribution in [0.4, 0.5) is 0 Å². The number of hydrogen-bond donors (Lipinski definition) is 1. The summed E-state index contributed by atoms with van der Waals surface area (Å²) in [6.07, 6.45) is 5.24. The van der Waals surface area contributed by atoms with Gasteiger partial charge in [0, 0.05) is 38.4 Å². The standard InChI is InChI=1S/C13H22N4O/c1-16(11-5-8-14-9-6-11)13(18)4-3-12-7-10-15-17(12)2/h7,10-11,14H,3-6,8-9H2,1-2H3. The summed E-state index contributed by atoms with van der Waals surface area (Å²) in [5, 5.41) is 7.43. The van der Waals surface area contributed by atoms with Gasteiger partial charge in [0.2, 0.25) is 5.91 Å². The molecule has 1 saturated heterocycles. The molecule has 2 heterocycles. The van der Waals surface area contributed by atoms with E-state index in [1.165, 1.54) is 0 Å². The number of amides is 1. The van der Waals surface area contributed by atoms with Crippen LogP contribution in [0.2, 0.25) is 0 Å². The Balaban J connectivity index is 1.82. The average Bonchev–Trinajstić information content (AvgIpc) is 2.81. The van der Waals surface area contributed by atoms with Crippen molar-refractivity contribution in [1.82, 2.24) is 20.0 Å². The molecule has 100 valence electrons. The van der Waals surface area contributed by atoms with Crippen LogP contribution in [0.15, 0.2) is 12.3 Å². The average molecular weight is 250 g/mol. The maximum Gasteiger partial charge on any atom is 0.222 e. The topological polar surface area (TPSA) is 50.2 Å². The summed E-state index contributed by atoms with van der Waals surface area (Å²) in [5.74, 6) is 0.239. The summed E-state index contributed by atoms with van der Waals surface area (Å²) in [6.45, 7) is 2.04. The van der Waals surface area contributed by atoms with Gasteiger partial charge < -0.3 is 10.2 Å². The van der Waals surface area contributed by atoms with Crippen LogP contribution in [0, 0.1) is 0 Å². The van der Waals surface area contributed by atoms with Gasteiger partial charge in [0.25, 0.3) is 0 Å². The van der Waals surface area contributed by atoms with E-state index in [1.54, 1.807) is 6.20 Å². The molecule has 1 aromatic heterocycles. The summed E-state index contributed by atoms with van der Waals surface area (Å²) in [5.41, 5.74) is 1.11. The summed E-state index contributed by atoms with van der Waals surface area (Å²) in [4.78, 5) is 14.1. The van der Waals surface area contributed by atoms with Crippen molar-refractivity contribution in [3.63, 3.8) is 0 Å². The largest absolute Gasteiger partial charge is 0.343 e. The third-order valence-corrected chi connectivity index (χ3v) is 3.77. The number of carbonyl (C=O) groups is 1. The molecule has 5 heteroatoms. The van der Waals surface area contributed by atoms with Gasteiger partial charge in [0.05, 0.1) is 0 Å². The molecule has 1 aliphatic rings. The summed E-state index contributed by atoms with van der Waals surface area (Å²) in [6, 6.07) is 2.38. The van der Waals surface area contributed by atoms with E-state index in [4.69, 9.17) is 0 Å². The van der Waals surface area contributed by atoms with Gasteiger partial charge in [-0.2, -0.15) is 5.10 Å². The molecule has 0 saturated carbocycles. The third-order valence-electron chi connectivity index (χ3n) is 3.77. The Morgan fingerprint density at radius 2 is 2.28 bits per heavy atom. The fourth-order valence-electron chi connectivity index (χ4n) is 2.46. The molecule has 0 atom stereocenters. The van der Waals surface area contributed by atoms with Gasteiger partial charge >= 0.3 is 0 Å². The number of aryl methyl sites for hydroxylation is 2. The third kappa shape index (κ3) is 3.10. The molecule has 0 spiro atoms. The Morgan fingerprint density at radius 1 is 1.56 bits per heavy atom. The van der Waals surface area contributed by atoms with Crippen molar-refractivity contribution in [3.05, 3.63) is 18.0 Å². The predicted molar refractivity (Wildman–Crippen MR) is 70.2 cm³/mol. The maximum atomic E-state index is 12.1. The second kappa shape index (κ2) is 6.00. The molecule has 0 bridgehead atoms. The van der Waals surface area contributed by atoms with E-state index < -0.39 is 0 Å². The van der Waals surface area contributed by atoms with Crippen LogP contribution in [0.3, 0.4) is 0 Å². The molecule has 0 unspecified atom stereocenters. The van der Waals surface area contributed by atoms with Gasteiger partial charge in [-0.25, -0.2) is 0 Å². The van der Waals surface area contributed by atoms with Gasteiger partial charge in [-0.05, 0) is 38.4 Å². The quantitative estimate of drug-likeness (QED) is 0.849. The van der Waals surface area contributed by atoms with Crippen LogP contribution in [0.5, 0.6) is 0 Å². The van der Waals surface area contributed by atoms with Crippen molar-refractivity contribution in [2.75, 3.05) is 20.1 Å². The van der Waals surface area contributed by atoms with Gasteiger partial charge in [-0.15, -0.1) is 0 Å². The van der Waals surface area contributed by atoms with Crippen molar-refractivity contribution in [2.24, 2.45) is 7.05 Å². The number of nitrogens with zero attached hydrogens (tertiary/aromatic N) is 3. The van der Waals surface area contributed by atoms with Crippen LogP contribution >= 0.6 is 0 Å². The van der Waals surface area contributed by atoms with Crippen LogP contribution in [0.1, 0.15) is 25.0 Å². The van der Waals surface area contributed by atoms with Crippen molar-refractivity contribution in [3.8, 4) is 0 Å².